The first-order valence-electron chi connectivity index (χ1n) is 5.26. The molecule has 16 heavy (non-hydrogen) atoms. The zero-order chi connectivity index (χ0) is 12.1. The lowest BCUT2D eigenvalue weighted by Gasteiger charge is -2.13. The van der Waals surface area contributed by atoms with Gasteiger partial charge in [-0.25, -0.2) is 0 Å². The molecule has 88 valence electrons. The third-order valence-corrected chi connectivity index (χ3v) is 2.39. The molecule has 0 aliphatic heterocycles. The van der Waals surface area contributed by atoms with Gasteiger partial charge in [-0.1, -0.05) is 0 Å². The van der Waals surface area contributed by atoms with Gasteiger partial charge in [-0.2, -0.15) is 0 Å². The van der Waals surface area contributed by atoms with Crippen LogP contribution in [-0.4, -0.2) is 28.8 Å². The number of amides is 1. The maximum Gasteiger partial charge on any atom is 0.251 e. The fourth-order valence-corrected chi connectivity index (χ4v) is 1.47. The summed E-state index contributed by atoms with van der Waals surface area (Å²) in [5.41, 5.74) is 1.27. The van der Waals surface area contributed by atoms with Gasteiger partial charge in [0.15, 0.2) is 0 Å². The highest BCUT2D eigenvalue weighted by molar-refractivity contribution is 5.95. The molecular formula is C12H17NO3. The predicted octanol–water partition coefficient (Wildman–Crippen LogP) is 1.20. The number of carbonyl (C=O) groups is 1. The average Bonchev–Trinajstić information content (AvgIpc) is 2.17. The number of phenols is 1. The van der Waals surface area contributed by atoms with Gasteiger partial charge in [-0.3, -0.25) is 4.79 Å². The summed E-state index contributed by atoms with van der Waals surface area (Å²) >= 11 is 0. The number of nitrogens with one attached hydrogen (secondary N) is 1. The summed E-state index contributed by atoms with van der Waals surface area (Å²) in [7, 11) is 0. The third-order valence-electron chi connectivity index (χ3n) is 2.39. The van der Waals surface area contributed by atoms with Gasteiger partial charge in [0.1, 0.15) is 5.75 Å². The first-order chi connectivity index (χ1) is 7.54. The molecule has 1 aromatic rings. The summed E-state index contributed by atoms with van der Waals surface area (Å²) in [6.45, 7) is 3.66. The Morgan fingerprint density at radius 3 is 2.75 bits per heavy atom. The number of benzene rings is 1. The van der Waals surface area contributed by atoms with Crippen molar-refractivity contribution in [2.24, 2.45) is 0 Å². The van der Waals surface area contributed by atoms with Crippen LogP contribution in [0, 0.1) is 6.92 Å². The third kappa shape index (κ3) is 3.24. The first kappa shape index (κ1) is 12.5. The Hall–Kier alpha value is -1.55. The molecular weight excluding hydrogens is 206 g/mol. The van der Waals surface area contributed by atoms with E-state index in [0.717, 1.165) is 5.56 Å². The van der Waals surface area contributed by atoms with Gasteiger partial charge in [-0.05, 0) is 44.0 Å². The van der Waals surface area contributed by atoms with E-state index in [4.69, 9.17) is 5.11 Å². The van der Waals surface area contributed by atoms with E-state index in [1.165, 1.54) is 6.07 Å². The predicted molar refractivity (Wildman–Crippen MR) is 61.5 cm³/mol. The quantitative estimate of drug-likeness (QED) is 0.718. The molecule has 1 aromatic carbocycles. The average molecular weight is 223 g/mol. The van der Waals surface area contributed by atoms with Gasteiger partial charge >= 0.3 is 0 Å². The van der Waals surface area contributed by atoms with Gasteiger partial charge in [0, 0.05) is 18.2 Å². The van der Waals surface area contributed by atoms with Gasteiger partial charge in [0.05, 0.1) is 0 Å². The maximum atomic E-state index is 11.8. The summed E-state index contributed by atoms with van der Waals surface area (Å²) in [6, 6.07) is 4.56. The molecule has 0 heterocycles. The molecule has 1 atom stereocenters. The van der Waals surface area contributed by atoms with Crippen LogP contribution in [0.5, 0.6) is 5.75 Å². The Kier molecular flexibility index (Phi) is 4.31. The van der Waals surface area contributed by atoms with E-state index in [2.05, 4.69) is 5.32 Å². The SMILES string of the molecule is Cc1cc(O)ccc1C(=O)NC(C)CCO. The first-order valence-corrected chi connectivity index (χ1v) is 5.26. The van der Waals surface area contributed by atoms with Gasteiger partial charge in [0.2, 0.25) is 0 Å². The van der Waals surface area contributed by atoms with Gasteiger partial charge in [-0.15, -0.1) is 0 Å². The van der Waals surface area contributed by atoms with Crippen LogP contribution >= 0.6 is 0 Å². The number of aryl methyl sites for hydroxylation is 1. The van der Waals surface area contributed by atoms with Crippen molar-refractivity contribution in [2.75, 3.05) is 6.61 Å². The molecule has 1 unspecified atom stereocenters. The topological polar surface area (TPSA) is 69.6 Å². The lowest BCUT2D eigenvalue weighted by molar-refractivity contribution is 0.0934. The van der Waals surface area contributed by atoms with Crippen LogP contribution in [0.1, 0.15) is 29.3 Å². The monoisotopic (exact) mass is 223 g/mol. The van der Waals surface area contributed by atoms with Crippen LogP contribution in [0.2, 0.25) is 0 Å². The van der Waals surface area contributed by atoms with E-state index in [1.54, 1.807) is 19.1 Å². The lowest BCUT2D eigenvalue weighted by atomic mass is 10.1. The summed E-state index contributed by atoms with van der Waals surface area (Å²) in [5.74, 6) is -0.0316. The fourth-order valence-electron chi connectivity index (χ4n) is 1.47. The Morgan fingerprint density at radius 2 is 2.19 bits per heavy atom. The van der Waals surface area contributed by atoms with Crippen LogP contribution in [0.15, 0.2) is 18.2 Å². The smallest absolute Gasteiger partial charge is 0.251 e. The number of carbonyl (C=O) groups excluding carboxylic acids is 1. The number of rotatable bonds is 4. The molecule has 0 aromatic heterocycles. The zero-order valence-corrected chi connectivity index (χ0v) is 9.53. The van der Waals surface area contributed by atoms with Gasteiger partial charge in [0.25, 0.3) is 5.91 Å². The Morgan fingerprint density at radius 1 is 1.50 bits per heavy atom. The fraction of sp³-hybridized carbons (Fsp3) is 0.417. The Labute approximate surface area is 94.9 Å². The Balaban J connectivity index is 2.73. The molecule has 0 aliphatic carbocycles. The largest absolute Gasteiger partial charge is 0.508 e. The van der Waals surface area contributed by atoms with Crippen LogP contribution in [0.25, 0.3) is 0 Å². The molecule has 4 heteroatoms. The molecule has 0 bridgehead atoms. The van der Waals surface area contributed by atoms with Crippen molar-refractivity contribution in [1.29, 1.82) is 0 Å². The zero-order valence-electron chi connectivity index (χ0n) is 9.53. The van der Waals surface area contributed by atoms with E-state index < -0.39 is 0 Å². The molecule has 0 radical (unpaired) electrons. The van der Waals surface area contributed by atoms with E-state index in [-0.39, 0.29) is 24.3 Å². The Bertz CT molecular complexity index is 377. The van der Waals surface area contributed by atoms with Crippen LogP contribution in [0.4, 0.5) is 0 Å². The second kappa shape index (κ2) is 5.51. The lowest BCUT2D eigenvalue weighted by Crippen LogP contribution is -2.33. The van der Waals surface area contributed by atoms with Crippen molar-refractivity contribution >= 4 is 5.91 Å². The molecule has 0 aliphatic rings. The van der Waals surface area contributed by atoms with Crippen LogP contribution in [-0.2, 0) is 0 Å². The summed E-state index contributed by atoms with van der Waals surface area (Å²) in [6.07, 6.45) is 0.531. The number of aromatic hydroxyl groups is 1. The van der Waals surface area contributed by atoms with Crippen molar-refractivity contribution in [3.05, 3.63) is 29.3 Å². The number of hydrogen-bond donors (Lipinski definition) is 3. The maximum absolute atomic E-state index is 11.8. The highest BCUT2D eigenvalue weighted by atomic mass is 16.3. The van der Waals surface area contributed by atoms with Crippen molar-refractivity contribution in [3.8, 4) is 5.75 Å². The number of aliphatic hydroxyl groups excluding tert-OH is 1. The molecule has 0 saturated heterocycles. The highest BCUT2D eigenvalue weighted by Crippen LogP contribution is 2.15. The molecule has 0 fully saturated rings. The second-order valence-electron chi connectivity index (χ2n) is 3.89. The minimum absolute atomic E-state index is 0.0516. The molecule has 0 spiro atoms. The van der Waals surface area contributed by atoms with Crippen LogP contribution < -0.4 is 5.32 Å². The van der Waals surface area contributed by atoms with E-state index in [1.807, 2.05) is 6.92 Å². The van der Waals surface area contributed by atoms with Crippen molar-refractivity contribution in [3.63, 3.8) is 0 Å². The van der Waals surface area contributed by atoms with E-state index >= 15 is 0 Å². The number of phenolic OH excluding ortho intramolecular Hbond substituents is 1. The molecule has 4 nitrogen and oxygen atoms in total. The van der Waals surface area contributed by atoms with Crippen molar-refractivity contribution in [2.45, 2.75) is 26.3 Å². The molecule has 1 amide bonds. The number of aliphatic hydroxyl groups is 1. The van der Waals surface area contributed by atoms with E-state index in [0.29, 0.717) is 12.0 Å². The second-order valence-corrected chi connectivity index (χ2v) is 3.89. The minimum Gasteiger partial charge on any atom is -0.508 e. The summed E-state index contributed by atoms with van der Waals surface area (Å²) < 4.78 is 0. The summed E-state index contributed by atoms with van der Waals surface area (Å²) in [5, 5.41) is 20.7. The molecule has 1 rings (SSSR count). The minimum atomic E-state index is -0.182. The number of hydrogen-bond acceptors (Lipinski definition) is 3. The highest BCUT2D eigenvalue weighted by Gasteiger charge is 2.11. The normalized spacial score (nSPS) is 12.2. The van der Waals surface area contributed by atoms with E-state index in [9.17, 15) is 9.90 Å². The molecule has 0 saturated carbocycles. The standard InChI is InChI=1S/C12H17NO3/c1-8-7-10(15)3-4-11(8)12(16)13-9(2)5-6-14/h3-4,7,9,14-15H,5-6H2,1-2H3,(H,13,16). The van der Waals surface area contributed by atoms with Crippen molar-refractivity contribution in [1.82, 2.24) is 5.32 Å². The molecule has 3 N–H and O–H groups in total. The van der Waals surface area contributed by atoms with Crippen LogP contribution in [0.3, 0.4) is 0 Å². The van der Waals surface area contributed by atoms with Crippen molar-refractivity contribution < 1.29 is 15.0 Å². The summed E-state index contributed by atoms with van der Waals surface area (Å²) in [4.78, 5) is 11.8. The van der Waals surface area contributed by atoms with Gasteiger partial charge < -0.3 is 15.5 Å².